The second-order valence-corrected chi connectivity index (χ2v) is 11.9. The summed E-state index contributed by atoms with van der Waals surface area (Å²) in [7, 11) is 1.72. The first-order valence-corrected chi connectivity index (χ1v) is 13.5. The Morgan fingerprint density at radius 3 is 2.58 bits per heavy atom. The van der Waals surface area contributed by atoms with E-state index in [0.29, 0.717) is 17.3 Å². The Morgan fingerprint density at radius 2 is 1.97 bits per heavy atom. The van der Waals surface area contributed by atoms with Gasteiger partial charge in [-0.2, -0.15) is 0 Å². The molecule has 3 unspecified atom stereocenters. The largest absolute Gasteiger partial charge is 0.395 e. The fourth-order valence-electron chi connectivity index (χ4n) is 6.50. The average molecular weight is 532 g/mol. The highest BCUT2D eigenvalue weighted by atomic mass is 35.5. The van der Waals surface area contributed by atoms with E-state index in [1.165, 1.54) is 4.90 Å². The third-order valence-electron chi connectivity index (χ3n) is 7.92. The van der Waals surface area contributed by atoms with Gasteiger partial charge in [-0.05, 0) is 30.9 Å². The minimum atomic E-state index is -0.828. The number of hydrogen-bond donors (Lipinski definition) is 1. The van der Waals surface area contributed by atoms with Gasteiger partial charge in [0.2, 0.25) is 11.8 Å². The van der Waals surface area contributed by atoms with Crippen molar-refractivity contribution in [1.29, 1.82) is 0 Å². The monoisotopic (exact) mass is 531 g/mol. The van der Waals surface area contributed by atoms with Crippen LogP contribution in [0.3, 0.4) is 0 Å². The highest BCUT2D eigenvalue weighted by Gasteiger charge is 2.76. The normalized spacial score (nSPS) is 30.3. The first-order valence-electron chi connectivity index (χ1n) is 12.3. The van der Waals surface area contributed by atoms with Crippen LogP contribution >= 0.6 is 23.4 Å². The molecule has 7 nitrogen and oxygen atoms in total. The Kier molecular flexibility index (Phi) is 7.60. The molecular formula is C27H34ClN3O4S. The smallest absolute Gasteiger partial charge is 0.251 e. The number of hydrogen-bond acceptors (Lipinski definition) is 5. The highest BCUT2D eigenvalue weighted by Crippen LogP contribution is 2.68. The van der Waals surface area contributed by atoms with E-state index in [-0.39, 0.29) is 48.6 Å². The standard InChI is InChI=1S/C27H34ClN3O4S/c1-6-11-29(5)24(33)20-19-15-17(4)27(36-19)21(20)25(34)31(13-14-32)23(27)26(35)30(12-7-2)22-16(3)9-8-10-18(22)28/h6-10,17,19-21,23,32H,1-2,11-15H2,3-5H3/t17?,19-,20+,21+,23?,27?/m1/s1. The van der Waals surface area contributed by atoms with Crippen LogP contribution in [0.15, 0.2) is 43.5 Å². The number of nitrogens with zero attached hydrogens (tertiary/aromatic N) is 3. The van der Waals surface area contributed by atoms with Gasteiger partial charge in [0.15, 0.2) is 0 Å². The van der Waals surface area contributed by atoms with Crippen molar-refractivity contribution < 1.29 is 19.5 Å². The van der Waals surface area contributed by atoms with Crippen molar-refractivity contribution in [3.05, 3.63) is 54.1 Å². The third kappa shape index (κ3) is 3.89. The van der Waals surface area contributed by atoms with E-state index in [4.69, 9.17) is 11.6 Å². The van der Waals surface area contributed by atoms with E-state index < -0.39 is 22.6 Å². The van der Waals surface area contributed by atoms with Crippen molar-refractivity contribution in [1.82, 2.24) is 9.80 Å². The topological polar surface area (TPSA) is 81.2 Å². The van der Waals surface area contributed by atoms with E-state index >= 15 is 0 Å². The summed E-state index contributed by atoms with van der Waals surface area (Å²) in [5, 5.41) is 10.3. The van der Waals surface area contributed by atoms with E-state index in [9.17, 15) is 19.5 Å². The van der Waals surface area contributed by atoms with E-state index in [1.807, 2.05) is 19.1 Å². The molecule has 9 heteroatoms. The quantitative estimate of drug-likeness (QED) is 0.495. The zero-order valence-electron chi connectivity index (χ0n) is 21.0. The van der Waals surface area contributed by atoms with Crippen LogP contribution in [0.1, 0.15) is 18.9 Å². The molecule has 3 heterocycles. The van der Waals surface area contributed by atoms with Crippen LogP contribution < -0.4 is 4.90 Å². The number of amides is 3. The second kappa shape index (κ2) is 10.2. The average Bonchev–Trinajstić information content (AvgIpc) is 3.42. The van der Waals surface area contributed by atoms with Gasteiger partial charge in [0.25, 0.3) is 5.91 Å². The summed E-state index contributed by atoms with van der Waals surface area (Å²) in [5.74, 6) is -1.70. The fraction of sp³-hybridized carbons (Fsp3) is 0.519. The number of aryl methyl sites for hydroxylation is 1. The molecule has 2 bridgehead atoms. The van der Waals surface area contributed by atoms with E-state index in [1.54, 1.807) is 46.8 Å². The van der Waals surface area contributed by atoms with Crippen molar-refractivity contribution in [3.63, 3.8) is 0 Å². The summed E-state index contributed by atoms with van der Waals surface area (Å²) in [4.78, 5) is 46.7. The number of benzene rings is 1. The van der Waals surface area contributed by atoms with Gasteiger partial charge in [0, 0.05) is 31.9 Å². The van der Waals surface area contributed by atoms with Crippen LogP contribution in [0, 0.1) is 24.7 Å². The molecule has 36 heavy (non-hydrogen) atoms. The van der Waals surface area contributed by atoms with Gasteiger partial charge in [-0.25, -0.2) is 0 Å². The van der Waals surface area contributed by atoms with Gasteiger partial charge in [0.05, 0.1) is 33.9 Å². The second-order valence-electron chi connectivity index (χ2n) is 9.96. The van der Waals surface area contributed by atoms with Crippen molar-refractivity contribution in [2.75, 3.05) is 38.2 Å². The minimum absolute atomic E-state index is 0.0261. The molecule has 3 amide bonds. The van der Waals surface area contributed by atoms with Gasteiger partial charge < -0.3 is 19.8 Å². The number of carbonyl (C=O) groups excluding carboxylic acids is 3. The Bertz CT molecular complexity index is 1080. The number of β-amino-alcohol motifs (C(OH)–C–C–N with tert-alkyl or cyclic N) is 1. The number of aliphatic hydroxyl groups is 1. The number of thioether (sulfide) groups is 1. The van der Waals surface area contributed by atoms with Crippen LogP contribution in [0.2, 0.25) is 5.02 Å². The SMILES string of the molecule is C=CCN(C)C(=O)[C@@H]1[C@H]2C(=O)N(CCO)C(C(=O)N(CC=C)c3c(C)cccc3Cl)C23S[C@@H]1CC3C. The Labute approximate surface area is 222 Å². The molecule has 0 radical (unpaired) electrons. The molecule has 3 aliphatic rings. The molecule has 1 N–H and O–H groups in total. The number of likely N-dealkylation sites (N-methyl/N-ethyl adjacent to an activating group) is 1. The summed E-state index contributed by atoms with van der Waals surface area (Å²) < 4.78 is -0.766. The van der Waals surface area contributed by atoms with E-state index in [0.717, 1.165) is 12.0 Å². The molecule has 3 fully saturated rings. The molecule has 1 aromatic carbocycles. The van der Waals surface area contributed by atoms with Crippen molar-refractivity contribution in [2.24, 2.45) is 17.8 Å². The molecule has 1 spiro atoms. The zero-order valence-corrected chi connectivity index (χ0v) is 22.6. The number of anilines is 1. The van der Waals surface area contributed by atoms with Gasteiger partial charge in [-0.1, -0.05) is 42.8 Å². The van der Waals surface area contributed by atoms with Gasteiger partial charge >= 0.3 is 0 Å². The van der Waals surface area contributed by atoms with Gasteiger partial charge in [0.1, 0.15) is 6.04 Å². The summed E-state index contributed by atoms with van der Waals surface area (Å²) >= 11 is 8.19. The molecule has 6 atom stereocenters. The van der Waals surface area contributed by atoms with Crippen LogP contribution in [-0.4, -0.2) is 82.0 Å². The predicted molar refractivity (Wildman–Crippen MR) is 144 cm³/mol. The van der Waals surface area contributed by atoms with Crippen LogP contribution in [0.4, 0.5) is 5.69 Å². The fourth-order valence-corrected chi connectivity index (χ4v) is 9.23. The van der Waals surface area contributed by atoms with Crippen molar-refractivity contribution >= 4 is 46.8 Å². The van der Waals surface area contributed by atoms with Crippen molar-refractivity contribution in [3.8, 4) is 0 Å². The highest BCUT2D eigenvalue weighted by molar-refractivity contribution is 8.02. The minimum Gasteiger partial charge on any atom is -0.395 e. The maximum atomic E-state index is 14.5. The lowest BCUT2D eigenvalue weighted by Gasteiger charge is -2.41. The third-order valence-corrected chi connectivity index (χ3v) is 10.3. The number of aliphatic hydroxyl groups excluding tert-OH is 1. The Balaban J connectivity index is 1.83. The number of rotatable bonds is 9. The molecule has 0 aromatic heterocycles. The van der Waals surface area contributed by atoms with Gasteiger partial charge in [-0.3, -0.25) is 14.4 Å². The lowest BCUT2D eigenvalue weighted by molar-refractivity contribution is -0.143. The summed E-state index contributed by atoms with van der Waals surface area (Å²) in [6, 6.07) is 4.63. The molecule has 0 aliphatic carbocycles. The number of carbonyl (C=O) groups is 3. The Morgan fingerprint density at radius 1 is 1.28 bits per heavy atom. The molecule has 3 saturated heterocycles. The maximum absolute atomic E-state index is 14.5. The van der Waals surface area contributed by atoms with E-state index in [2.05, 4.69) is 20.1 Å². The summed E-state index contributed by atoms with van der Waals surface area (Å²) in [6.45, 7) is 11.9. The molecule has 3 aliphatic heterocycles. The lowest BCUT2D eigenvalue weighted by Crippen LogP contribution is -2.58. The number of likely N-dealkylation sites (tertiary alicyclic amines) is 1. The summed E-state index contributed by atoms with van der Waals surface area (Å²) in [5.41, 5.74) is 1.42. The lowest BCUT2D eigenvalue weighted by atomic mass is 9.65. The first-order chi connectivity index (χ1) is 17.1. The summed E-state index contributed by atoms with van der Waals surface area (Å²) in [6.07, 6.45) is 4.05. The number of fused-ring (bicyclic) bond motifs is 1. The molecular weight excluding hydrogens is 498 g/mol. The van der Waals surface area contributed by atoms with Crippen LogP contribution in [0.25, 0.3) is 0 Å². The molecule has 194 valence electrons. The Hall–Kier alpha value is -2.29. The molecule has 1 aromatic rings. The van der Waals surface area contributed by atoms with Crippen LogP contribution in [0.5, 0.6) is 0 Å². The predicted octanol–water partition coefficient (Wildman–Crippen LogP) is 3.14. The number of halogens is 1. The number of para-hydroxylation sites is 1. The van der Waals surface area contributed by atoms with Crippen LogP contribution in [-0.2, 0) is 14.4 Å². The first kappa shape index (κ1) is 26.8. The molecule has 4 rings (SSSR count). The van der Waals surface area contributed by atoms with Crippen molar-refractivity contribution in [2.45, 2.75) is 36.3 Å². The maximum Gasteiger partial charge on any atom is 0.251 e. The zero-order chi connectivity index (χ0) is 26.4. The molecule has 0 saturated carbocycles. The van der Waals surface area contributed by atoms with Gasteiger partial charge in [-0.15, -0.1) is 24.9 Å².